The van der Waals surface area contributed by atoms with Crippen LogP contribution in [0.3, 0.4) is 0 Å². The molecule has 3 N–H and O–H groups in total. The maximum absolute atomic E-state index is 11.0. The maximum Gasteiger partial charge on any atom is 0.267 e. The topological polar surface area (TPSA) is 79.2 Å². The molecule has 0 saturated carbocycles. The van der Waals surface area contributed by atoms with Gasteiger partial charge in [0.15, 0.2) is 0 Å². The number of carbonyl (C=O) groups is 1. The largest absolute Gasteiger partial charge is 0.379 e. The first kappa shape index (κ1) is 14.8. The number of nitrogens with zero attached hydrogens (tertiary/aromatic N) is 2. The third-order valence-electron chi connectivity index (χ3n) is 3.04. The molecule has 1 aromatic heterocycles. The van der Waals surface area contributed by atoms with Crippen molar-refractivity contribution >= 4 is 17.7 Å². The summed E-state index contributed by atoms with van der Waals surface area (Å²) in [7, 11) is 1.90. The van der Waals surface area contributed by atoms with Gasteiger partial charge in [0, 0.05) is 18.8 Å². The lowest BCUT2D eigenvalue weighted by Gasteiger charge is -2.09. The first-order valence-electron chi connectivity index (χ1n) is 6.54. The van der Waals surface area contributed by atoms with Gasteiger partial charge in [-0.2, -0.15) is 5.10 Å². The number of anilines is 1. The Balaban J connectivity index is 2.11. The predicted molar refractivity (Wildman–Crippen MR) is 80.7 cm³/mol. The molecule has 1 amide bonds. The summed E-state index contributed by atoms with van der Waals surface area (Å²) in [5.74, 6) is -0.563. The van der Waals surface area contributed by atoms with Gasteiger partial charge in [0.2, 0.25) is 0 Å². The lowest BCUT2D eigenvalue weighted by atomic mass is 10.1. The van der Waals surface area contributed by atoms with Crippen molar-refractivity contribution < 1.29 is 10.0 Å². The molecule has 0 unspecified atom stereocenters. The van der Waals surface area contributed by atoms with E-state index in [0.29, 0.717) is 6.54 Å². The second-order valence-corrected chi connectivity index (χ2v) is 4.65. The van der Waals surface area contributed by atoms with Gasteiger partial charge >= 0.3 is 0 Å². The molecule has 0 aliphatic heterocycles. The van der Waals surface area contributed by atoms with Gasteiger partial charge in [-0.3, -0.25) is 14.7 Å². The fraction of sp³-hybridized carbons (Fsp3) is 0.200. The quantitative estimate of drug-likeness (QED) is 0.445. The van der Waals surface area contributed by atoms with Crippen LogP contribution in [0.15, 0.2) is 36.4 Å². The first-order valence-corrected chi connectivity index (χ1v) is 6.54. The molecule has 6 nitrogen and oxygen atoms in total. The number of nitrogens with one attached hydrogen (secondary N) is 2. The van der Waals surface area contributed by atoms with Crippen molar-refractivity contribution in [2.24, 2.45) is 7.05 Å². The molecule has 2 aromatic rings. The van der Waals surface area contributed by atoms with Crippen LogP contribution in [0.4, 0.5) is 5.69 Å². The van der Waals surface area contributed by atoms with Crippen LogP contribution in [0.1, 0.15) is 17.0 Å². The summed E-state index contributed by atoms with van der Waals surface area (Å²) in [6, 6.07) is 9.64. The fourth-order valence-corrected chi connectivity index (χ4v) is 2.02. The number of aromatic nitrogens is 2. The van der Waals surface area contributed by atoms with Gasteiger partial charge in [-0.1, -0.05) is 18.2 Å². The number of para-hydroxylation sites is 1. The summed E-state index contributed by atoms with van der Waals surface area (Å²) in [5.41, 5.74) is 5.37. The van der Waals surface area contributed by atoms with Crippen molar-refractivity contribution in [1.29, 1.82) is 0 Å². The van der Waals surface area contributed by atoms with Crippen LogP contribution in [-0.2, 0) is 18.4 Å². The number of rotatable bonds is 5. The molecule has 1 aromatic carbocycles. The molecule has 0 fully saturated rings. The Kier molecular flexibility index (Phi) is 4.73. The Bertz CT molecular complexity index is 661. The summed E-state index contributed by atoms with van der Waals surface area (Å²) in [5, 5.41) is 16.1. The molecule has 1 heterocycles. The summed E-state index contributed by atoms with van der Waals surface area (Å²) < 4.78 is 1.83. The zero-order valence-electron chi connectivity index (χ0n) is 12.0. The molecular formula is C15H18N4O2. The third kappa shape index (κ3) is 3.93. The minimum Gasteiger partial charge on any atom is -0.379 e. The number of benzene rings is 1. The van der Waals surface area contributed by atoms with Crippen LogP contribution >= 0.6 is 0 Å². The summed E-state index contributed by atoms with van der Waals surface area (Å²) in [4.78, 5) is 11.0. The molecule has 0 aliphatic rings. The van der Waals surface area contributed by atoms with E-state index in [1.165, 1.54) is 6.08 Å². The molecule has 0 bridgehead atoms. The Hall–Kier alpha value is -2.60. The monoisotopic (exact) mass is 286 g/mol. The molecule has 21 heavy (non-hydrogen) atoms. The van der Waals surface area contributed by atoms with Crippen molar-refractivity contribution in [3.05, 3.63) is 53.4 Å². The molecule has 6 heteroatoms. The van der Waals surface area contributed by atoms with E-state index in [4.69, 9.17) is 5.21 Å². The predicted octanol–water partition coefficient (Wildman–Crippen LogP) is 1.86. The van der Waals surface area contributed by atoms with E-state index >= 15 is 0 Å². The van der Waals surface area contributed by atoms with Crippen LogP contribution in [0.2, 0.25) is 0 Å². The summed E-state index contributed by atoms with van der Waals surface area (Å²) in [6.07, 6.45) is 2.91. The van der Waals surface area contributed by atoms with Gasteiger partial charge in [0.25, 0.3) is 5.91 Å². The Morgan fingerprint density at radius 3 is 2.86 bits per heavy atom. The zero-order valence-corrected chi connectivity index (χ0v) is 12.0. The Morgan fingerprint density at radius 2 is 2.19 bits per heavy atom. The number of hydrogen-bond donors (Lipinski definition) is 3. The minimum absolute atomic E-state index is 0.563. The highest BCUT2D eigenvalue weighted by molar-refractivity contribution is 5.91. The van der Waals surface area contributed by atoms with E-state index in [1.54, 1.807) is 11.6 Å². The smallest absolute Gasteiger partial charge is 0.267 e. The second kappa shape index (κ2) is 6.71. The normalized spacial score (nSPS) is 10.8. The van der Waals surface area contributed by atoms with E-state index in [2.05, 4.69) is 10.4 Å². The first-order chi connectivity index (χ1) is 10.1. The van der Waals surface area contributed by atoms with E-state index < -0.39 is 5.91 Å². The summed E-state index contributed by atoms with van der Waals surface area (Å²) in [6.45, 7) is 2.59. The van der Waals surface area contributed by atoms with E-state index in [1.807, 2.05) is 49.0 Å². The number of aryl methyl sites for hydroxylation is 2. The van der Waals surface area contributed by atoms with Crippen molar-refractivity contribution in [1.82, 2.24) is 15.3 Å². The fourth-order valence-electron chi connectivity index (χ4n) is 2.02. The average molecular weight is 286 g/mol. The van der Waals surface area contributed by atoms with Gasteiger partial charge in [0.1, 0.15) is 0 Å². The van der Waals surface area contributed by atoms with E-state index in [-0.39, 0.29) is 0 Å². The standard InChI is InChI=1S/C15H18N4O2/c1-11-9-13(19(2)17-11)10-16-14-6-4-3-5-12(14)7-8-15(20)18-21/h3-9,16,21H,10H2,1-2H3,(H,18,20)/b8-7+. The van der Waals surface area contributed by atoms with Crippen molar-refractivity contribution in [3.8, 4) is 0 Å². The van der Waals surface area contributed by atoms with Crippen LogP contribution in [0.25, 0.3) is 6.08 Å². The highest BCUT2D eigenvalue weighted by atomic mass is 16.5. The average Bonchev–Trinajstić information content (AvgIpc) is 2.81. The van der Waals surface area contributed by atoms with Gasteiger partial charge < -0.3 is 5.32 Å². The molecular weight excluding hydrogens is 268 g/mol. The number of hydrogen-bond acceptors (Lipinski definition) is 4. The van der Waals surface area contributed by atoms with E-state index in [0.717, 1.165) is 22.6 Å². The highest BCUT2D eigenvalue weighted by Gasteiger charge is 2.03. The van der Waals surface area contributed by atoms with Crippen molar-refractivity contribution in [2.45, 2.75) is 13.5 Å². The highest BCUT2D eigenvalue weighted by Crippen LogP contribution is 2.17. The molecule has 0 atom stereocenters. The van der Waals surface area contributed by atoms with Gasteiger partial charge in [-0.25, -0.2) is 5.48 Å². The number of hydroxylamine groups is 1. The van der Waals surface area contributed by atoms with E-state index in [9.17, 15) is 4.79 Å². The lowest BCUT2D eigenvalue weighted by molar-refractivity contribution is -0.124. The maximum atomic E-state index is 11.0. The van der Waals surface area contributed by atoms with Gasteiger partial charge in [-0.05, 0) is 30.7 Å². The van der Waals surface area contributed by atoms with Crippen LogP contribution in [-0.4, -0.2) is 20.9 Å². The lowest BCUT2D eigenvalue weighted by Crippen LogP contribution is -2.14. The Labute approximate surface area is 123 Å². The van der Waals surface area contributed by atoms with Gasteiger partial charge in [-0.15, -0.1) is 0 Å². The Morgan fingerprint density at radius 1 is 1.43 bits per heavy atom. The second-order valence-electron chi connectivity index (χ2n) is 4.65. The van der Waals surface area contributed by atoms with Gasteiger partial charge in [0.05, 0.1) is 17.9 Å². The number of carbonyl (C=O) groups excluding carboxylic acids is 1. The van der Waals surface area contributed by atoms with Crippen LogP contribution in [0, 0.1) is 6.92 Å². The van der Waals surface area contributed by atoms with Crippen molar-refractivity contribution in [2.75, 3.05) is 5.32 Å². The molecule has 0 spiro atoms. The minimum atomic E-state index is -0.563. The van der Waals surface area contributed by atoms with Crippen LogP contribution in [0.5, 0.6) is 0 Å². The molecule has 2 rings (SSSR count). The molecule has 0 radical (unpaired) electrons. The summed E-state index contributed by atoms with van der Waals surface area (Å²) >= 11 is 0. The molecule has 0 saturated heterocycles. The third-order valence-corrected chi connectivity index (χ3v) is 3.04. The molecule has 0 aliphatic carbocycles. The SMILES string of the molecule is Cc1cc(CNc2ccccc2/C=C/C(=O)NO)n(C)n1. The molecule has 110 valence electrons. The van der Waals surface area contributed by atoms with Crippen molar-refractivity contribution in [3.63, 3.8) is 0 Å². The zero-order chi connectivity index (χ0) is 15.2. The number of amides is 1. The van der Waals surface area contributed by atoms with Crippen LogP contribution < -0.4 is 10.8 Å².